The van der Waals surface area contributed by atoms with E-state index in [0.29, 0.717) is 29.4 Å². The van der Waals surface area contributed by atoms with Gasteiger partial charge in [0.1, 0.15) is 18.0 Å². The molecule has 166 valence electrons. The number of hydrogen-bond donors (Lipinski definition) is 1. The first-order valence-corrected chi connectivity index (χ1v) is 11.4. The number of nitrogens with one attached hydrogen (secondary N) is 1. The van der Waals surface area contributed by atoms with Gasteiger partial charge in [-0.3, -0.25) is 4.79 Å². The summed E-state index contributed by atoms with van der Waals surface area (Å²) in [6.07, 6.45) is 3.63. The molecule has 1 saturated carbocycles. The molecular formula is C21H29NO7S. The van der Waals surface area contributed by atoms with Crippen molar-refractivity contribution in [3.05, 3.63) is 42.0 Å². The van der Waals surface area contributed by atoms with Crippen molar-refractivity contribution >= 4 is 22.0 Å². The van der Waals surface area contributed by atoms with E-state index in [1.807, 2.05) is 0 Å². The van der Waals surface area contributed by atoms with Gasteiger partial charge in [-0.15, -0.1) is 0 Å². The lowest BCUT2D eigenvalue weighted by molar-refractivity contribution is -0.151. The van der Waals surface area contributed by atoms with E-state index >= 15 is 0 Å². The van der Waals surface area contributed by atoms with Crippen LogP contribution < -0.4 is 9.46 Å². The van der Waals surface area contributed by atoms with E-state index < -0.39 is 33.3 Å². The first-order chi connectivity index (χ1) is 14.0. The summed E-state index contributed by atoms with van der Waals surface area (Å²) in [5, 5.41) is 0. The highest BCUT2D eigenvalue weighted by atomic mass is 32.2. The summed E-state index contributed by atoms with van der Waals surface area (Å²) in [5.41, 5.74) is 0.0682. The lowest BCUT2D eigenvalue weighted by atomic mass is 10.1. The minimum Gasteiger partial charge on any atom is -0.493 e. The molecule has 1 fully saturated rings. The van der Waals surface area contributed by atoms with Crippen LogP contribution in [0.1, 0.15) is 49.5 Å². The highest BCUT2D eigenvalue weighted by Crippen LogP contribution is 2.31. The summed E-state index contributed by atoms with van der Waals surface area (Å²) in [5.74, 6) is -1.27. The minimum atomic E-state index is -3.91. The second kappa shape index (κ2) is 10.1. The monoisotopic (exact) mass is 439 g/mol. The number of benzene rings is 1. The molecule has 30 heavy (non-hydrogen) atoms. The topological polar surface area (TPSA) is 108 Å². The number of carbonyl (C=O) groups is 2. The molecule has 9 heteroatoms. The Labute approximate surface area is 177 Å². The third kappa shape index (κ3) is 8.54. The minimum absolute atomic E-state index is 0.0866. The summed E-state index contributed by atoms with van der Waals surface area (Å²) in [6, 6.07) is 4.67. The smallest absolute Gasteiger partial charge is 0.338 e. The zero-order valence-corrected chi connectivity index (χ0v) is 18.4. The molecule has 1 N–H and O–H groups in total. The third-order valence-electron chi connectivity index (χ3n) is 4.02. The molecule has 0 atom stereocenters. The lowest BCUT2D eigenvalue weighted by Crippen LogP contribution is -2.34. The number of esters is 2. The van der Waals surface area contributed by atoms with Gasteiger partial charge in [0, 0.05) is 12.1 Å². The van der Waals surface area contributed by atoms with Gasteiger partial charge in [-0.2, -0.15) is 0 Å². The zero-order chi connectivity index (χ0) is 22.4. The SMILES string of the molecule is C=CCOC(=O)c1ccc(CNS(=O)(=O)CC(=O)OC(C)(C)C)c(OCC2CC2)c1. The summed E-state index contributed by atoms with van der Waals surface area (Å²) in [4.78, 5) is 23.9. The Morgan fingerprint density at radius 2 is 1.97 bits per heavy atom. The number of carbonyl (C=O) groups excluding carboxylic acids is 2. The number of ether oxygens (including phenoxy) is 3. The van der Waals surface area contributed by atoms with E-state index in [1.54, 1.807) is 26.8 Å². The number of hydrogen-bond acceptors (Lipinski definition) is 7. The van der Waals surface area contributed by atoms with Crippen molar-refractivity contribution in [2.75, 3.05) is 19.0 Å². The molecule has 0 bridgehead atoms. The van der Waals surface area contributed by atoms with E-state index in [2.05, 4.69) is 11.3 Å². The van der Waals surface area contributed by atoms with Crippen molar-refractivity contribution in [1.29, 1.82) is 0 Å². The second-order valence-corrected chi connectivity index (χ2v) is 9.94. The van der Waals surface area contributed by atoms with Gasteiger partial charge in [0.05, 0.1) is 12.2 Å². The molecule has 0 spiro atoms. The Morgan fingerprint density at radius 1 is 1.27 bits per heavy atom. The van der Waals surface area contributed by atoms with Crippen LogP contribution in [-0.4, -0.2) is 44.9 Å². The zero-order valence-electron chi connectivity index (χ0n) is 17.6. The molecule has 0 radical (unpaired) electrons. The van der Waals surface area contributed by atoms with Gasteiger partial charge < -0.3 is 14.2 Å². The molecule has 1 aromatic carbocycles. The van der Waals surface area contributed by atoms with Crippen LogP contribution in [0.2, 0.25) is 0 Å². The Hall–Kier alpha value is -2.39. The van der Waals surface area contributed by atoms with Crippen LogP contribution in [0.15, 0.2) is 30.9 Å². The molecule has 2 rings (SSSR count). The highest BCUT2D eigenvalue weighted by Gasteiger charge is 2.25. The fourth-order valence-corrected chi connectivity index (χ4v) is 3.28. The van der Waals surface area contributed by atoms with E-state index in [-0.39, 0.29) is 13.2 Å². The number of sulfonamides is 1. The lowest BCUT2D eigenvalue weighted by Gasteiger charge is -2.19. The molecule has 0 saturated heterocycles. The van der Waals surface area contributed by atoms with E-state index in [1.165, 1.54) is 18.2 Å². The maximum Gasteiger partial charge on any atom is 0.338 e. The van der Waals surface area contributed by atoms with Crippen molar-refractivity contribution in [2.45, 2.75) is 45.8 Å². The van der Waals surface area contributed by atoms with Crippen molar-refractivity contribution in [3.8, 4) is 5.75 Å². The van der Waals surface area contributed by atoms with Crippen LogP contribution in [0.5, 0.6) is 5.75 Å². The largest absolute Gasteiger partial charge is 0.493 e. The summed E-state index contributed by atoms with van der Waals surface area (Å²) >= 11 is 0. The maximum atomic E-state index is 12.2. The fourth-order valence-electron chi connectivity index (χ4n) is 2.44. The van der Waals surface area contributed by atoms with E-state index in [4.69, 9.17) is 14.2 Å². The average Bonchev–Trinajstić information content (AvgIpc) is 3.45. The van der Waals surface area contributed by atoms with Crippen LogP contribution in [0, 0.1) is 5.92 Å². The molecule has 1 aromatic rings. The Bertz CT molecular complexity index is 883. The molecule has 0 unspecified atom stereocenters. The quantitative estimate of drug-likeness (QED) is 0.417. The van der Waals surface area contributed by atoms with Crippen LogP contribution >= 0.6 is 0 Å². The molecule has 0 amide bonds. The fraction of sp³-hybridized carbons (Fsp3) is 0.524. The van der Waals surface area contributed by atoms with Gasteiger partial charge in [-0.1, -0.05) is 18.7 Å². The predicted octanol–water partition coefficient (Wildman–Crippen LogP) is 2.58. The van der Waals surface area contributed by atoms with Crippen molar-refractivity contribution < 1.29 is 32.2 Å². The number of rotatable bonds is 11. The molecule has 1 aliphatic carbocycles. The van der Waals surface area contributed by atoms with Crippen LogP contribution in [0.3, 0.4) is 0 Å². The summed E-state index contributed by atoms with van der Waals surface area (Å²) < 4.78 is 42.8. The Kier molecular flexibility index (Phi) is 8.03. The normalized spacial score (nSPS) is 14.1. The van der Waals surface area contributed by atoms with E-state index in [0.717, 1.165) is 12.8 Å². The van der Waals surface area contributed by atoms with Gasteiger partial charge in [0.2, 0.25) is 10.0 Å². The Morgan fingerprint density at radius 3 is 2.57 bits per heavy atom. The van der Waals surface area contributed by atoms with Gasteiger partial charge in [-0.25, -0.2) is 17.9 Å². The van der Waals surface area contributed by atoms with Gasteiger partial charge >= 0.3 is 11.9 Å². The Balaban J connectivity index is 2.07. The van der Waals surface area contributed by atoms with E-state index in [9.17, 15) is 18.0 Å². The van der Waals surface area contributed by atoms with Crippen molar-refractivity contribution in [3.63, 3.8) is 0 Å². The van der Waals surface area contributed by atoms with Crippen molar-refractivity contribution in [1.82, 2.24) is 4.72 Å². The third-order valence-corrected chi connectivity index (χ3v) is 5.22. The standard InChI is InChI=1S/C21H29NO7S/c1-5-10-27-20(24)16-8-9-17(18(11-16)28-13-15-6-7-15)12-22-30(25,26)14-19(23)29-21(2,3)4/h5,8-9,11,15,22H,1,6-7,10,12-14H2,2-4H3. The molecule has 0 aromatic heterocycles. The second-order valence-electron chi connectivity index (χ2n) is 8.13. The highest BCUT2D eigenvalue weighted by molar-refractivity contribution is 7.90. The average molecular weight is 440 g/mol. The molecular weight excluding hydrogens is 410 g/mol. The summed E-state index contributed by atoms with van der Waals surface area (Å²) in [6.45, 7) is 8.97. The van der Waals surface area contributed by atoms with Gasteiger partial charge in [0.15, 0.2) is 5.75 Å². The molecule has 0 aliphatic heterocycles. The van der Waals surface area contributed by atoms with Crippen LogP contribution in [0.4, 0.5) is 0 Å². The first kappa shape index (κ1) is 23.9. The van der Waals surface area contributed by atoms with Crippen LogP contribution in [0.25, 0.3) is 0 Å². The van der Waals surface area contributed by atoms with Gasteiger partial charge in [0.25, 0.3) is 0 Å². The van der Waals surface area contributed by atoms with Crippen molar-refractivity contribution in [2.24, 2.45) is 5.92 Å². The molecule has 0 heterocycles. The summed E-state index contributed by atoms with van der Waals surface area (Å²) in [7, 11) is -3.91. The van der Waals surface area contributed by atoms with Crippen LogP contribution in [-0.2, 0) is 30.8 Å². The first-order valence-electron chi connectivity index (χ1n) is 9.72. The predicted molar refractivity (Wildman–Crippen MR) is 112 cm³/mol. The maximum absolute atomic E-state index is 12.2. The molecule has 1 aliphatic rings. The molecule has 8 nitrogen and oxygen atoms in total. The van der Waals surface area contributed by atoms with Gasteiger partial charge in [-0.05, 0) is 51.7 Å².